The highest BCUT2D eigenvalue weighted by Gasteiger charge is 2.21. The van der Waals surface area contributed by atoms with Crippen LogP contribution in [0, 0.1) is 0 Å². The normalized spacial score (nSPS) is 11.2. The fourth-order valence-corrected chi connectivity index (χ4v) is 4.92. The number of nitrogens with zero attached hydrogens (tertiary/aromatic N) is 3. The van der Waals surface area contributed by atoms with E-state index in [2.05, 4.69) is 20.6 Å². The van der Waals surface area contributed by atoms with E-state index in [1.165, 1.54) is 55.2 Å². The van der Waals surface area contributed by atoms with Gasteiger partial charge in [-0.2, -0.15) is 4.31 Å². The third-order valence-corrected chi connectivity index (χ3v) is 7.45. The lowest BCUT2D eigenvalue weighted by Gasteiger charge is -2.18. The Morgan fingerprint density at radius 2 is 1.35 bits per heavy atom. The maximum Gasteiger partial charge on any atom is 0.337 e. The molecule has 1 heterocycles. The smallest absolute Gasteiger partial charge is 0.337 e. The molecule has 0 bridgehead atoms. The van der Waals surface area contributed by atoms with E-state index in [4.69, 9.17) is 15.2 Å². The monoisotopic (exact) mass is 528 g/mol. The highest BCUT2D eigenvalue weighted by atomic mass is 32.2. The Bertz CT molecular complexity index is 1360. The quantitative estimate of drug-likeness (QED) is 0.331. The molecule has 12 nitrogen and oxygen atoms in total. The third-order valence-electron chi connectivity index (χ3n) is 5.38. The zero-order chi connectivity index (χ0) is 27.2. The van der Waals surface area contributed by atoms with Gasteiger partial charge in [0, 0.05) is 24.5 Å². The molecule has 0 aliphatic rings. The van der Waals surface area contributed by atoms with Crippen molar-refractivity contribution in [3.8, 4) is 0 Å². The molecule has 0 saturated carbocycles. The Balaban J connectivity index is 1.87. The highest BCUT2D eigenvalue weighted by Crippen LogP contribution is 2.29. The molecule has 3 rings (SSSR count). The van der Waals surface area contributed by atoms with Crippen LogP contribution >= 0.6 is 0 Å². The van der Waals surface area contributed by atoms with Crippen molar-refractivity contribution in [2.45, 2.75) is 18.7 Å². The second-order valence-corrected chi connectivity index (χ2v) is 9.57. The molecule has 0 unspecified atom stereocenters. The van der Waals surface area contributed by atoms with E-state index in [-0.39, 0.29) is 33.3 Å². The molecule has 37 heavy (non-hydrogen) atoms. The number of methoxy groups -OCH3 is 2. The molecule has 13 heteroatoms. The van der Waals surface area contributed by atoms with E-state index >= 15 is 0 Å². The number of carbonyl (C=O) groups excluding carboxylic acids is 2. The Kier molecular flexibility index (Phi) is 8.63. The molecule has 0 amide bonds. The Morgan fingerprint density at radius 1 is 0.865 bits per heavy atom. The van der Waals surface area contributed by atoms with Crippen molar-refractivity contribution in [2.75, 3.05) is 43.7 Å². The summed E-state index contributed by atoms with van der Waals surface area (Å²) < 4.78 is 36.3. The van der Waals surface area contributed by atoms with Crippen molar-refractivity contribution in [2.24, 2.45) is 0 Å². The molecule has 0 aliphatic carbocycles. The summed E-state index contributed by atoms with van der Waals surface area (Å²) in [5, 5.41) is 6.01. The number of esters is 2. The molecular formula is C24H28N6O6S. The first-order chi connectivity index (χ1) is 17.6. The summed E-state index contributed by atoms with van der Waals surface area (Å²) in [5.74, 6) is -0.818. The number of rotatable bonds is 10. The summed E-state index contributed by atoms with van der Waals surface area (Å²) in [4.78, 5) is 32.6. The molecule has 0 spiro atoms. The van der Waals surface area contributed by atoms with Crippen LogP contribution in [0.2, 0.25) is 0 Å². The van der Waals surface area contributed by atoms with Crippen LogP contribution in [0.5, 0.6) is 0 Å². The number of ether oxygens (including phenoxy) is 2. The summed E-state index contributed by atoms with van der Waals surface area (Å²) >= 11 is 0. The van der Waals surface area contributed by atoms with Gasteiger partial charge in [-0.15, -0.1) is 0 Å². The molecule has 196 valence electrons. The number of nitrogen functional groups attached to an aromatic ring is 1. The maximum atomic E-state index is 12.7. The highest BCUT2D eigenvalue weighted by molar-refractivity contribution is 7.89. The van der Waals surface area contributed by atoms with Gasteiger partial charge in [-0.1, -0.05) is 13.8 Å². The standard InChI is InChI=1S/C24H28N6O6S/c1-5-30(6-2)37(33,34)19-9-7-17(8-10-19)28-21-20(25)22(27-14-26-21)29-18-12-15(23(31)35-3)11-16(13-18)24(32)36-4/h7-14H,5-6,25H2,1-4H3,(H2,26,27,28,29). The van der Waals surface area contributed by atoms with Crippen molar-refractivity contribution in [1.29, 1.82) is 0 Å². The van der Waals surface area contributed by atoms with Crippen LogP contribution in [0.15, 0.2) is 53.7 Å². The van der Waals surface area contributed by atoms with Gasteiger partial charge in [0.05, 0.1) is 30.2 Å². The second-order valence-electron chi connectivity index (χ2n) is 7.63. The average Bonchev–Trinajstić information content (AvgIpc) is 2.90. The van der Waals surface area contributed by atoms with Gasteiger partial charge >= 0.3 is 11.9 Å². The van der Waals surface area contributed by atoms with Crippen molar-refractivity contribution in [3.05, 3.63) is 59.9 Å². The topological polar surface area (TPSA) is 166 Å². The van der Waals surface area contributed by atoms with Crippen LogP contribution in [-0.2, 0) is 19.5 Å². The average molecular weight is 529 g/mol. The van der Waals surface area contributed by atoms with Gasteiger partial charge in [-0.3, -0.25) is 0 Å². The van der Waals surface area contributed by atoms with Crippen LogP contribution in [0.4, 0.5) is 28.7 Å². The first kappa shape index (κ1) is 27.4. The van der Waals surface area contributed by atoms with Gasteiger partial charge in [0.2, 0.25) is 10.0 Å². The lowest BCUT2D eigenvalue weighted by atomic mass is 10.1. The van der Waals surface area contributed by atoms with E-state index in [0.29, 0.717) is 24.5 Å². The molecular weight excluding hydrogens is 500 g/mol. The Hall–Kier alpha value is -4.23. The fraction of sp³-hybridized carbons (Fsp3) is 0.250. The van der Waals surface area contributed by atoms with Crippen molar-refractivity contribution >= 4 is 50.7 Å². The second kappa shape index (κ2) is 11.7. The molecule has 0 aliphatic heterocycles. The number of hydrogen-bond acceptors (Lipinski definition) is 11. The first-order valence-corrected chi connectivity index (χ1v) is 12.6. The molecule has 4 N–H and O–H groups in total. The van der Waals surface area contributed by atoms with E-state index in [1.807, 2.05) is 0 Å². The molecule has 0 atom stereocenters. The largest absolute Gasteiger partial charge is 0.465 e. The zero-order valence-electron chi connectivity index (χ0n) is 20.8. The maximum absolute atomic E-state index is 12.7. The number of benzene rings is 2. The van der Waals surface area contributed by atoms with Gasteiger partial charge in [-0.05, 0) is 42.5 Å². The Morgan fingerprint density at radius 3 is 1.81 bits per heavy atom. The Labute approximate surface area is 214 Å². The van der Waals surface area contributed by atoms with Crippen LogP contribution in [-0.4, -0.2) is 61.9 Å². The zero-order valence-corrected chi connectivity index (χ0v) is 21.6. The summed E-state index contributed by atoms with van der Waals surface area (Å²) in [6, 6.07) is 10.5. The minimum Gasteiger partial charge on any atom is -0.465 e. The predicted molar refractivity (Wildman–Crippen MR) is 139 cm³/mol. The number of nitrogens with two attached hydrogens (primary N) is 1. The number of aromatic nitrogens is 2. The summed E-state index contributed by atoms with van der Waals surface area (Å²) in [6.07, 6.45) is 1.27. The number of sulfonamides is 1. The summed E-state index contributed by atoms with van der Waals surface area (Å²) in [7, 11) is -1.13. The number of nitrogens with one attached hydrogen (secondary N) is 2. The molecule has 3 aromatic rings. The third kappa shape index (κ3) is 6.13. The van der Waals surface area contributed by atoms with Gasteiger partial charge in [0.25, 0.3) is 0 Å². The van der Waals surface area contributed by atoms with Crippen LogP contribution in [0.25, 0.3) is 0 Å². The van der Waals surface area contributed by atoms with Crippen LogP contribution in [0.3, 0.4) is 0 Å². The lowest BCUT2D eigenvalue weighted by Crippen LogP contribution is -2.30. The van der Waals surface area contributed by atoms with Crippen LogP contribution < -0.4 is 16.4 Å². The van der Waals surface area contributed by atoms with Crippen LogP contribution in [0.1, 0.15) is 34.6 Å². The molecule has 2 aromatic carbocycles. The molecule has 0 radical (unpaired) electrons. The molecule has 1 aromatic heterocycles. The predicted octanol–water partition coefficient (Wildman–Crippen LogP) is 3.15. The summed E-state index contributed by atoms with van der Waals surface area (Å²) in [5.41, 5.74) is 7.55. The lowest BCUT2D eigenvalue weighted by molar-refractivity contribution is 0.0599. The SMILES string of the molecule is CCN(CC)S(=O)(=O)c1ccc(Nc2ncnc(Nc3cc(C(=O)OC)cc(C(=O)OC)c3)c2N)cc1. The van der Waals surface area contributed by atoms with Gasteiger partial charge in [0.15, 0.2) is 11.6 Å². The first-order valence-electron chi connectivity index (χ1n) is 11.2. The number of anilines is 5. The van der Waals surface area contributed by atoms with Gasteiger partial charge in [0.1, 0.15) is 12.0 Å². The van der Waals surface area contributed by atoms with Crippen molar-refractivity contribution < 1.29 is 27.5 Å². The van der Waals surface area contributed by atoms with E-state index in [9.17, 15) is 18.0 Å². The summed E-state index contributed by atoms with van der Waals surface area (Å²) in [6.45, 7) is 4.30. The van der Waals surface area contributed by atoms with Gasteiger partial charge in [-0.25, -0.2) is 28.0 Å². The number of hydrogen-bond donors (Lipinski definition) is 3. The fourth-order valence-electron chi connectivity index (χ4n) is 3.46. The van der Waals surface area contributed by atoms with Crippen molar-refractivity contribution in [1.82, 2.24) is 14.3 Å². The minimum absolute atomic E-state index is 0.124. The van der Waals surface area contributed by atoms with E-state index < -0.39 is 22.0 Å². The minimum atomic E-state index is -3.58. The van der Waals surface area contributed by atoms with Gasteiger partial charge < -0.3 is 25.8 Å². The van der Waals surface area contributed by atoms with E-state index in [1.54, 1.807) is 26.0 Å². The van der Waals surface area contributed by atoms with Crippen molar-refractivity contribution in [3.63, 3.8) is 0 Å². The number of carbonyl (C=O) groups is 2. The molecule has 0 fully saturated rings. The van der Waals surface area contributed by atoms with E-state index in [0.717, 1.165) is 0 Å². The molecule has 0 saturated heterocycles.